The number of benzene rings is 4. The maximum atomic E-state index is 7.26. The first-order chi connectivity index (χ1) is 32.6. The van der Waals surface area contributed by atoms with Crippen LogP contribution >= 0.6 is 16.4 Å². The van der Waals surface area contributed by atoms with E-state index in [9.17, 15) is 0 Å². The lowest BCUT2D eigenvalue weighted by Gasteiger charge is -2.27. The Morgan fingerprint density at radius 3 is 1.25 bits per heavy atom. The minimum absolute atomic E-state index is 0.121. The van der Waals surface area contributed by atoms with Crippen molar-refractivity contribution < 1.29 is 45.0 Å². The van der Waals surface area contributed by atoms with Gasteiger partial charge in [-0.3, -0.25) is 4.52 Å². The molecule has 0 saturated carbocycles. The summed E-state index contributed by atoms with van der Waals surface area (Å²) in [6.07, 6.45) is -2.65. The van der Waals surface area contributed by atoms with Gasteiger partial charge >= 0.3 is 16.4 Å². The van der Waals surface area contributed by atoms with Crippen molar-refractivity contribution in [1.82, 2.24) is 0 Å². The van der Waals surface area contributed by atoms with Crippen molar-refractivity contribution in [1.29, 1.82) is 0 Å². The van der Waals surface area contributed by atoms with Crippen molar-refractivity contribution in [3.63, 3.8) is 0 Å². The fraction of sp³-hybridized carbons (Fsp3) is 0.586. The molecule has 6 aromatic rings. The number of nitrogens with one attached hydrogen (secondary N) is 1. The highest BCUT2D eigenvalue weighted by Gasteiger charge is 2.56. The van der Waals surface area contributed by atoms with Crippen LogP contribution < -0.4 is 19.1 Å². The van der Waals surface area contributed by atoms with E-state index in [1.807, 2.05) is 38.1 Å². The number of hydrogen-bond acceptors (Lipinski definition) is 11. The van der Waals surface area contributed by atoms with Gasteiger partial charge in [0.25, 0.3) is 0 Å². The molecule has 4 heterocycles. The highest BCUT2D eigenvalue weighted by atomic mass is 31.1. The molecule has 11 nitrogen and oxygen atoms in total. The van der Waals surface area contributed by atoms with Crippen LogP contribution in [0.4, 0.5) is 0 Å². The quantitative estimate of drug-likeness (QED) is 0.165. The average molecular weight is 1010 g/mol. The molecule has 0 amide bonds. The number of ether oxygens (including phenoxy) is 5. The SMILES string of the molecule is COc1cc(C(C)(C)C)c2op(O[C@@H]3[C@H]4OC(C)(C)O[C@H]4O[C@@H]3CNp3oc4c(C(C)(C)C)cc(C(C)(C)C)cc4c4cc(C(C)(C)C)cc(C(C)(C)C)c4o3)oc3c(C(C)(C)C)cc(OC)cc3c2c1. The number of methoxy groups -OCH3 is 2. The summed E-state index contributed by atoms with van der Waals surface area (Å²) in [4.78, 5) is 0. The van der Waals surface area contributed by atoms with Gasteiger partial charge in [0.2, 0.25) is 0 Å². The van der Waals surface area contributed by atoms with E-state index in [1.165, 1.54) is 11.1 Å². The smallest absolute Gasteiger partial charge is 0.387 e. The first-order valence-corrected chi connectivity index (χ1v) is 27.4. The summed E-state index contributed by atoms with van der Waals surface area (Å²) in [6.45, 7) is 44.1. The van der Waals surface area contributed by atoms with E-state index in [0.717, 1.165) is 55.0 Å². The Labute approximate surface area is 424 Å². The summed E-state index contributed by atoms with van der Waals surface area (Å²) >= 11 is 0. The summed E-state index contributed by atoms with van der Waals surface area (Å²) in [7, 11) is -0.620. The largest absolute Gasteiger partial charge is 0.497 e. The molecule has 0 aliphatic carbocycles. The Kier molecular flexibility index (Phi) is 13.7. The van der Waals surface area contributed by atoms with E-state index in [2.05, 4.69) is 154 Å². The third kappa shape index (κ3) is 10.7. The predicted octanol–water partition coefficient (Wildman–Crippen LogP) is 16.6. The number of hydrogen-bond donors (Lipinski definition) is 1. The van der Waals surface area contributed by atoms with E-state index in [4.69, 9.17) is 45.0 Å². The average Bonchev–Trinajstić information content (AvgIpc) is 3.55. The van der Waals surface area contributed by atoms with E-state index < -0.39 is 46.8 Å². The second-order valence-corrected chi connectivity index (χ2v) is 28.5. The molecule has 1 N–H and O–H groups in total. The molecule has 71 heavy (non-hydrogen) atoms. The van der Waals surface area contributed by atoms with Gasteiger partial charge in [0.05, 0.1) is 14.2 Å². The van der Waals surface area contributed by atoms with Gasteiger partial charge in [-0.15, -0.1) is 0 Å². The number of fused-ring (bicyclic) bond motifs is 7. The standard InChI is InChI=1S/C58H81NO10P2/c1-52(2,3)32-23-36-37-24-33(53(4,5)6)26-41(55(10,11)12)46(37)66-70(65-45(36)40(25-32)54(7,8)9)59-31-44-49(50-51(62-44)64-58(19,20)63-50)69-71-67-47-38(27-34(60-21)29-42(47)56(13,14)15)39-28-35(61-22)30-43(48(39)68-71)57(16,17)18/h23-30,44,49-51,59H,31H2,1-22H3/t44-,49+,50-,51-/m1/s1. The molecule has 0 unspecified atom stereocenters. The summed E-state index contributed by atoms with van der Waals surface area (Å²) in [5.41, 5.74) is 8.08. The highest BCUT2D eigenvalue weighted by Crippen LogP contribution is 2.49. The molecule has 8 rings (SSSR count). The Morgan fingerprint density at radius 2 is 0.873 bits per heavy atom. The third-order valence-electron chi connectivity index (χ3n) is 13.7. The molecule has 0 bridgehead atoms. The molecule has 2 aromatic heterocycles. The molecule has 0 spiro atoms. The zero-order valence-corrected chi connectivity index (χ0v) is 48.4. The van der Waals surface area contributed by atoms with Crippen LogP contribution in [-0.2, 0) is 46.7 Å². The van der Waals surface area contributed by atoms with Crippen molar-refractivity contribution >= 4 is 60.3 Å². The van der Waals surface area contributed by atoms with Gasteiger partial charge in [0, 0.05) is 50.3 Å². The number of rotatable bonds is 7. The molecule has 13 heteroatoms. The molecule has 388 valence electrons. The maximum Gasteiger partial charge on any atom is 0.387 e. The maximum absolute atomic E-state index is 7.26. The minimum Gasteiger partial charge on any atom is -0.497 e. The molecule has 4 atom stereocenters. The monoisotopic (exact) mass is 1010 g/mol. The zero-order chi connectivity index (χ0) is 52.3. The first-order valence-electron chi connectivity index (χ1n) is 25.1. The van der Waals surface area contributed by atoms with Crippen molar-refractivity contribution in [3.05, 3.63) is 81.9 Å². The minimum atomic E-state index is -2.16. The Hall–Kier alpha value is -3.92. The van der Waals surface area contributed by atoms with Gasteiger partial charge in [-0.25, -0.2) is 5.09 Å². The molecule has 4 aromatic carbocycles. The van der Waals surface area contributed by atoms with Gasteiger partial charge in [-0.1, -0.05) is 137 Å². The summed E-state index contributed by atoms with van der Waals surface area (Å²) < 4.78 is 67.7. The summed E-state index contributed by atoms with van der Waals surface area (Å²) in [5, 5.41) is 7.44. The van der Waals surface area contributed by atoms with E-state index in [0.29, 0.717) is 22.7 Å². The summed E-state index contributed by atoms with van der Waals surface area (Å²) in [6, 6.07) is 17.4. The van der Waals surface area contributed by atoms with Crippen molar-refractivity contribution in [2.75, 3.05) is 25.9 Å². The van der Waals surface area contributed by atoms with Crippen LogP contribution in [0.25, 0.3) is 43.9 Å². The van der Waals surface area contributed by atoms with Crippen molar-refractivity contribution in [2.24, 2.45) is 0 Å². The molecular formula is C58H81NO10P2. The van der Waals surface area contributed by atoms with Crippen LogP contribution in [0.3, 0.4) is 0 Å². The second kappa shape index (κ2) is 18.2. The van der Waals surface area contributed by atoms with Gasteiger partial charge in [-0.2, -0.15) is 0 Å². The predicted molar refractivity (Wildman–Crippen MR) is 291 cm³/mol. The highest BCUT2D eigenvalue weighted by molar-refractivity contribution is 7.38. The van der Waals surface area contributed by atoms with Crippen molar-refractivity contribution in [2.45, 2.75) is 201 Å². The fourth-order valence-corrected chi connectivity index (χ4v) is 12.0. The van der Waals surface area contributed by atoms with Crippen LogP contribution in [0.1, 0.15) is 172 Å². The zero-order valence-electron chi connectivity index (χ0n) is 46.6. The van der Waals surface area contributed by atoms with E-state index in [-0.39, 0.29) is 39.0 Å². The Balaban J connectivity index is 1.34. The van der Waals surface area contributed by atoms with Gasteiger partial charge < -0.3 is 40.5 Å². The van der Waals surface area contributed by atoms with Crippen LogP contribution in [0.2, 0.25) is 0 Å². The lowest BCUT2D eigenvalue weighted by molar-refractivity contribution is -0.210. The van der Waals surface area contributed by atoms with Gasteiger partial charge in [-0.05, 0) is 93.9 Å². The summed E-state index contributed by atoms with van der Waals surface area (Å²) in [5.74, 6) is 0.487. The normalized spacial score (nSPS) is 20.1. The van der Waals surface area contributed by atoms with E-state index in [1.54, 1.807) is 14.2 Å². The first kappa shape index (κ1) is 53.4. The van der Waals surface area contributed by atoms with Crippen LogP contribution in [0.15, 0.2) is 65.3 Å². The second-order valence-electron chi connectivity index (χ2n) is 26.3. The molecule has 2 aliphatic heterocycles. The van der Waals surface area contributed by atoms with Crippen LogP contribution in [0.5, 0.6) is 11.5 Å². The van der Waals surface area contributed by atoms with Crippen LogP contribution in [0, 0.1) is 0 Å². The van der Waals surface area contributed by atoms with Gasteiger partial charge in [0.1, 0.15) is 52.1 Å². The Bertz CT molecular complexity index is 2910. The lowest BCUT2D eigenvalue weighted by Crippen LogP contribution is -2.41. The molecule has 2 fully saturated rings. The molecule has 2 aliphatic rings. The fourth-order valence-electron chi connectivity index (χ4n) is 9.55. The Morgan fingerprint density at radius 1 is 0.493 bits per heavy atom. The van der Waals surface area contributed by atoms with Crippen LogP contribution in [-0.4, -0.2) is 51.2 Å². The topological polar surface area (TPSA) is 120 Å². The molecule has 0 radical (unpaired) electrons. The van der Waals surface area contributed by atoms with Gasteiger partial charge in [0.15, 0.2) is 12.1 Å². The van der Waals surface area contributed by atoms with E-state index >= 15 is 0 Å². The third-order valence-corrected chi connectivity index (χ3v) is 15.9. The van der Waals surface area contributed by atoms with Crippen molar-refractivity contribution in [3.8, 4) is 11.5 Å². The lowest BCUT2D eigenvalue weighted by atomic mass is 9.77. The molecule has 2 saturated heterocycles. The molecular weight excluding hydrogens is 933 g/mol.